The Morgan fingerprint density at radius 2 is 1.23 bits per heavy atom. The summed E-state index contributed by atoms with van der Waals surface area (Å²) in [5.41, 5.74) is 16.6. The Kier molecular flexibility index (Phi) is 6.41. The van der Waals surface area contributed by atoms with E-state index in [1.807, 2.05) is 0 Å². The molecular formula is C45H48BNO. The summed E-state index contributed by atoms with van der Waals surface area (Å²) in [5, 5.41) is 2.35. The van der Waals surface area contributed by atoms with E-state index < -0.39 is 0 Å². The van der Waals surface area contributed by atoms with Crippen LogP contribution in [0, 0.1) is 0 Å². The molecule has 2 aliphatic heterocycles. The molecule has 3 heteroatoms. The van der Waals surface area contributed by atoms with Gasteiger partial charge in [0, 0.05) is 22.2 Å². The van der Waals surface area contributed by atoms with E-state index in [2.05, 4.69) is 172 Å². The van der Waals surface area contributed by atoms with E-state index in [0.29, 0.717) is 0 Å². The second kappa shape index (κ2) is 9.91. The van der Waals surface area contributed by atoms with E-state index in [-0.39, 0.29) is 28.4 Å². The van der Waals surface area contributed by atoms with Crippen molar-refractivity contribution in [2.24, 2.45) is 0 Å². The molecule has 0 aliphatic carbocycles. The number of benzene rings is 5. The normalized spacial score (nSPS) is 15.5. The Morgan fingerprint density at radius 1 is 0.583 bits per heavy atom. The third-order valence-electron chi connectivity index (χ3n) is 11.2. The van der Waals surface area contributed by atoms with Crippen molar-refractivity contribution >= 4 is 62.1 Å². The molecule has 8 rings (SSSR count). The van der Waals surface area contributed by atoms with Crippen LogP contribution in [0.25, 0.3) is 21.9 Å². The first-order valence-corrected chi connectivity index (χ1v) is 17.6. The van der Waals surface area contributed by atoms with E-state index in [1.54, 1.807) is 0 Å². The third kappa shape index (κ3) is 4.46. The number of nitrogens with zero attached hydrogens (tertiary/aromatic N) is 1. The maximum atomic E-state index is 6.58. The van der Waals surface area contributed by atoms with Gasteiger partial charge in [0.15, 0.2) is 0 Å². The highest BCUT2D eigenvalue weighted by atomic mass is 16.3. The molecule has 2 aliphatic rings. The lowest BCUT2D eigenvalue weighted by Crippen LogP contribution is -2.64. The van der Waals surface area contributed by atoms with Gasteiger partial charge in [-0.25, -0.2) is 0 Å². The lowest BCUT2D eigenvalue weighted by molar-refractivity contribution is 0.580. The van der Waals surface area contributed by atoms with E-state index in [9.17, 15) is 0 Å². The summed E-state index contributed by atoms with van der Waals surface area (Å²) in [6, 6.07) is 34.8. The topological polar surface area (TPSA) is 16.4 Å². The van der Waals surface area contributed by atoms with E-state index in [1.165, 1.54) is 66.7 Å². The minimum atomic E-state index is -0.167. The Balaban J connectivity index is 1.55. The molecule has 5 aromatic carbocycles. The molecular weight excluding hydrogens is 581 g/mol. The molecule has 3 heterocycles. The number of anilines is 3. The maximum Gasteiger partial charge on any atom is 0.247 e. The highest BCUT2D eigenvalue weighted by molar-refractivity contribution is 6.99. The van der Waals surface area contributed by atoms with Crippen molar-refractivity contribution in [2.75, 3.05) is 4.90 Å². The predicted molar refractivity (Wildman–Crippen MR) is 208 cm³/mol. The molecule has 0 unspecified atom stereocenters. The molecule has 0 N–H and O–H groups in total. The first-order chi connectivity index (χ1) is 22.5. The number of furan rings is 1. The van der Waals surface area contributed by atoms with Crippen molar-refractivity contribution in [1.82, 2.24) is 0 Å². The highest BCUT2D eigenvalue weighted by Gasteiger charge is 2.47. The Hall–Kier alpha value is -4.24. The zero-order valence-electron chi connectivity index (χ0n) is 30.6. The van der Waals surface area contributed by atoms with Crippen LogP contribution in [-0.2, 0) is 21.7 Å². The summed E-state index contributed by atoms with van der Waals surface area (Å²) in [6.45, 7) is 25.9. The van der Waals surface area contributed by atoms with Crippen LogP contribution in [0.5, 0.6) is 0 Å². The zero-order chi connectivity index (χ0) is 34.1. The predicted octanol–water partition coefficient (Wildman–Crippen LogP) is 10.4. The number of fused-ring (bicyclic) bond motifs is 8. The van der Waals surface area contributed by atoms with Crippen LogP contribution in [0.4, 0.5) is 17.1 Å². The van der Waals surface area contributed by atoms with Crippen molar-refractivity contribution < 1.29 is 4.42 Å². The van der Waals surface area contributed by atoms with Gasteiger partial charge in [-0.1, -0.05) is 142 Å². The van der Waals surface area contributed by atoms with Crippen molar-refractivity contribution in [1.29, 1.82) is 0 Å². The Morgan fingerprint density at radius 3 is 1.90 bits per heavy atom. The standard InChI is InChI=1S/C45H48BNO/c1-42(2,3)27-16-19-30(20-17-27)47-36-26-29(44(7,8)9)24-33-40(36)46(35-25-28(43(4,5)6)18-21-32(35)45(33,10)11)34-22-23-38-39(41(34)47)31-14-12-13-15-37(31)48-38/h12-26H,1-11H3. The van der Waals surface area contributed by atoms with Gasteiger partial charge >= 0.3 is 0 Å². The molecule has 1 aromatic heterocycles. The highest BCUT2D eigenvalue weighted by Crippen LogP contribution is 2.48. The van der Waals surface area contributed by atoms with Gasteiger partial charge in [0.2, 0.25) is 6.71 Å². The molecule has 0 saturated carbocycles. The lowest BCUT2D eigenvalue weighted by atomic mass is 9.30. The van der Waals surface area contributed by atoms with E-state index in [0.717, 1.165) is 16.6 Å². The second-order valence-corrected chi connectivity index (χ2v) is 17.9. The summed E-state index contributed by atoms with van der Waals surface area (Å²) in [7, 11) is 0. The zero-order valence-corrected chi connectivity index (χ0v) is 30.6. The summed E-state index contributed by atoms with van der Waals surface area (Å²) in [4.78, 5) is 2.57. The fourth-order valence-electron chi connectivity index (χ4n) is 8.33. The molecule has 0 atom stereocenters. The first-order valence-electron chi connectivity index (χ1n) is 17.6. The molecule has 0 bridgehead atoms. The number of hydrogen-bond acceptors (Lipinski definition) is 2. The van der Waals surface area contributed by atoms with Crippen molar-refractivity contribution in [3.8, 4) is 0 Å². The minimum Gasteiger partial charge on any atom is -0.456 e. The van der Waals surface area contributed by atoms with Crippen LogP contribution in [0.1, 0.15) is 104 Å². The molecule has 0 spiro atoms. The summed E-state index contributed by atoms with van der Waals surface area (Å²) < 4.78 is 6.58. The van der Waals surface area contributed by atoms with Gasteiger partial charge in [0.25, 0.3) is 0 Å². The molecule has 6 aromatic rings. The van der Waals surface area contributed by atoms with Crippen molar-refractivity contribution in [2.45, 2.75) is 97.8 Å². The molecule has 0 fully saturated rings. The van der Waals surface area contributed by atoms with Crippen LogP contribution in [0.2, 0.25) is 0 Å². The first kappa shape index (κ1) is 31.1. The van der Waals surface area contributed by atoms with Crippen molar-refractivity contribution in [3.05, 3.63) is 119 Å². The molecule has 0 saturated heterocycles. The van der Waals surface area contributed by atoms with Crippen molar-refractivity contribution in [3.63, 3.8) is 0 Å². The van der Waals surface area contributed by atoms with Crippen LogP contribution in [0.3, 0.4) is 0 Å². The van der Waals surface area contributed by atoms with Gasteiger partial charge in [-0.3, -0.25) is 0 Å². The average molecular weight is 630 g/mol. The molecule has 2 nitrogen and oxygen atoms in total. The minimum absolute atomic E-state index is 0.0239. The van der Waals surface area contributed by atoms with E-state index >= 15 is 0 Å². The van der Waals surface area contributed by atoms with Gasteiger partial charge in [-0.2, -0.15) is 0 Å². The van der Waals surface area contributed by atoms with Crippen LogP contribution in [-0.4, -0.2) is 6.71 Å². The number of hydrogen-bond donors (Lipinski definition) is 0. The monoisotopic (exact) mass is 629 g/mol. The lowest BCUT2D eigenvalue weighted by Gasteiger charge is -2.46. The van der Waals surface area contributed by atoms with Crippen LogP contribution in [0.15, 0.2) is 95.4 Å². The quantitative estimate of drug-likeness (QED) is 0.168. The summed E-state index contributed by atoms with van der Waals surface area (Å²) in [6.07, 6.45) is 0. The van der Waals surface area contributed by atoms with Gasteiger partial charge < -0.3 is 9.32 Å². The van der Waals surface area contributed by atoms with Gasteiger partial charge in [-0.05, 0) is 85.3 Å². The SMILES string of the molecule is CC(C)(C)c1ccc(N2c3cc(C(C)(C)C)cc4c3B(c3cc(C(C)(C)C)ccc3C4(C)C)c3ccc4oc5ccccc5c4c32)cc1. The maximum absolute atomic E-state index is 6.58. The molecule has 48 heavy (non-hydrogen) atoms. The summed E-state index contributed by atoms with van der Waals surface area (Å²) in [5.74, 6) is 0. The van der Waals surface area contributed by atoms with Crippen LogP contribution < -0.4 is 21.3 Å². The third-order valence-corrected chi connectivity index (χ3v) is 11.2. The number of rotatable bonds is 1. The average Bonchev–Trinajstić information content (AvgIpc) is 3.40. The molecule has 0 radical (unpaired) electrons. The van der Waals surface area contributed by atoms with Crippen LogP contribution >= 0.6 is 0 Å². The smallest absolute Gasteiger partial charge is 0.247 e. The Labute approximate surface area is 287 Å². The second-order valence-electron chi connectivity index (χ2n) is 17.9. The van der Waals surface area contributed by atoms with E-state index in [4.69, 9.17) is 4.42 Å². The van der Waals surface area contributed by atoms with Gasteiger partial charge in [-0.15, -0.1) is 0 Å². The van der Waals surface area contributed by atoms with Gasteiger partial charge in [0.05, 0.1) is 11.1 Å². The fraction of sp³-hybridized carbons (Fsp3) is 0.333. The molecule has 242 valence electrons. The van der Waals surface area contributed by atoms with Gasteiger partial charge in [0.1, 0.15) is 11.2 Å². The Bertz CT molecular complexity index is 2260. The fourth-order valence-corrected chi connectivity index (χ4v) is 8.33. The number of para-hydroxylation sites is 1. The summed E-state index contributed by atoms with van der Waals surface area (Å²) >= 11 is 0. The largest absolute Gasteiger partial charge is 0.456 e. The molecule has 0 amide bonds.